The normalized spacial score (nSPS) is 17.1. The van der Waals surface area contributed by atoms with Crippen LogP contribution in [-0.4, -0.2) is 41.8 Å². The lowest BCUT2D eigenvalue weighted by molar-refractivity contribution is -0.148. The molecule has 4 nitrogen and oxygen atoms in total. The highest BCUT2D eigenvalue weighted by atomic mass is 79.9. The number of carbonyl (C=O) groups is 2. The molecule has 0 aliphatic carbocycles. The van der Waals surface area contributed by atoms with Gasteiger partial charge in [-0.15, -0.1) is 0 Å². The van der Waals surface area contributed by atoms with Crippen LogP contribution in [0.4, 0.5) is 4.39 Å². The van der Waals surface area contributed by atoms with Crippen molar-refractivity contribution in [2.45, 2.75) is 24.1 Å². The Morgan fingerprint density at radius 2 is 2.00 bits per heavy atom. The lowest BCUT2D eigenvalue weighted by Crippen LogP contribution is -2.44. The first-order valence-electron chi connectivity index (χ1n) is 7.27. The van der Waals surface area contributed by atoms with Crippen molar-refractivity contribution in [2.24, 2.45) is 5.92 Å². The van der Waals surface area contributed by atoms with Gasteiger partial charge >= 0.3 is 5.97 Å². The van der Waals surface area contributed by atoms with Gasteiger partial charge in [-0.05, 0) is 30.9 Å². The maximum atomic E-state index is 13.6. The summed E-state index contributed by atoms with van der Waals surface area (Å²) in [5.41, 5.74) is 0.516. The molecule has 1 heterocycles. The second kappa shape index (κ2) is 7.72. The Labute approximate surface area is 137 Å². The molecule has 22 heavy (non-hydrogen) atoms. The zero-order valence-electron chi connectivity index (χ0n) is 12.4. The second-order valence-electron chi connectivity index (χ2n) is 5.39. The molecule has 1 aromatic carbocycles. The van der Waals surface area contributed by atoms with Crippen LogP contribution in [0.3, 0.4) is 0 Å². The number of rotatable bonds is 4. The number of alkyl halides is 1. The number of halogens is 2. The molecule has 1 aliphatic rings. The average molecular weight is 372 g/mol. The van der Waals surface area contributed by atoms with Crippen molar-refractivity contribution < 1.29 is 18.7 Å². The van der Waals surface area contributed by atoms with Crippen molar-refractivity contribution in [1.82, 2.24) is 4.90 Å². The fraction of sp³-hybridized carbons (Fsp3) is 0.500. The van der Waals surface area contributed by atoms with Gasteiger partial charge in [0.25, 0.3) is 0 Å². The minimum absolute atomic E-state index is 0.0634. The molecule has 1 fully saturated rings. The Morgan fingerprint density at radius 1 is 1.36 bits per heavy atom. The number of hydrogen-bond acceptors (Lipinski definition) is 3. The van der Waals surface area contributed by atoms with Crippen LogP contribution in [0.1, 0.15) is 18.4 Å². The highest BCUT2D eigenvalue weighted by Gasteiger charge is 2.30. The zero-order chi connectivity index (χ0) is 16.1. The molecule has 0 aromatic heterocycles. The first-order valence-corrected chi connectivity index (χ1v) is 8.18. The van der Waals surface area contributed by atoms with Crippen molar-refractivity contribution in [3.63, 3.8) is 0 Å². The van der Waals surface area contributed by atoms with Gasteiger partial charge in [0.1, 0.15) is 5.82 Å². The highest BCUT2D eigenvalue weighted by molar-refractivity contribution is 9.10. The lowest BCUT2D eigenvalue weighted by atomic mass is 9.96. The number of likely N-dealkylation sites (tertiary alicyclic amines) is 1. The number of nitrogens with zero attached hydrogens (tertiary/aromatic N) is 1. The van der Waals surface area contributed by atoms with Crippen LogP contribution >= 0.6 is 15.9 Å². The Kier molecular flexibility index (Phi) is 5.94. The molecule has 2 rings (SSSR count). The average Bonchev–Trinajstić information content (AvgIpc) is 2.55. The van der Waals surface area contributed by atoms with E-state index in [9.17, 15) is 14.0 Å². The summed E-state index contributed by atoms with van der Waals surface area (Å²) in [5, 5.41) is 0. The van der Waals surface area contributed by atoms with Gasteiger partial charge in [-0.1, -0.05) is 34.1 Å². The van der Waals surface area contributed by atoms with Gasteiger partial charge in [-0.3, -0.25) is 9.59 Å². The Hall–Kier alpha value is -1.43. The van der Waals surface area contributed by atoms with Gasteiger partial charge in [0.05, 0.1) is 17.9 Å². The van der Waals surface area contributed by atoms with Crippen molar-refractivity contribution in [3.05, 3.63) is 35.6 Å². The smallest absolute Gasteiger partial charge is 0.308 e. The molecule has 120 valence electrons. The minimum Gasteiger partial charge on any atom is -0.469 e. The van der Waals surface area contributed by atoms with Crippen molar-refractivity contribution in [3.8, 4) is 0 Å². The molecule has 0 spiro atoms. The third-order valence-electron chi connectivity index (χ3n) is 3.97. The van der Waals surface area contributed by atoms with Crippen LogP contribution < -0.4 is 0 Å². The summed E-state index contributed by atoms with van der Waals surface area (Å²) >= 11 is 3.36. The largest absolute Gasteiger partial charge is 0.469 e. The molecule has 1 amide bonds. The van der Waals surface area contributed by atoms with Crippen LogP contribution in [0.25, 0.3) is 0 Å². The van der Waals surface area contributed by atoms with E-state index in [2.05, 4.69) is 15.9 Å². The first-order chi connectivity index (χ1) is 10.5. The Morgan fingerprint density at radius 3 is 2.59 bits per heavy atom. The van der Waals surface area contributed by atoms with Gasteiger partial charge in [0.2, 0.25) is 5.91 Å². The van der Waals surface area contributed by atoms with Gasteiger partial charge < -0.3 is 9.64 Å². The number of carbonyl (C=O) groups excluding carboxylic acids is 2. The number of hydrogen-bond donors (Lipinski definition) is 0. The van der Waals surface area contributed by atoms with E-state index in [1.807, 2.05) is 0 Å². The van der Waals surface area contributed by atoms with E-state index < -0.39 is 4.83 Å². The van der Waals surface area contributed by atoms with Gasteiger partial charge in [-0.2, -0.15) is 0 Å². The van der Waals surface area contributed by atoms with Gasteiger partial charge in [-0.25, -0.2) is 4.39 Å². The first kappa shape index (κ1) is 16.9. The summed E-state index contributed by atoms with van der Waals surface area (Å²) in [4.78, 5) is 25.1. The summed E-state index contributed by atoms with van der Waals surface area (Å²) in [6, 6.07) is 6.45. The molecule has 1 aliphatic heterocycles. The lowest BCUT2D eigenvalue weighted by Gasteiger charge is -2.32. The fourth-order valence-electron chi connectivity index (χ4n) is 2.64. The second-order valence-corrected chi connectivity index (χ2v) is 6.49. The summed E-state index contributed by atoms with van der Waals surface area (Å²) < 4.78 is 18.4. The maximum Gasteiger partial charge on any atom is 0.308 e. The standard InChI is InChI=1S/C16H19BrFNO3/c1-22-16(21)11-6-8-19(9-7-11)15(20)13(17)10-12-4-2-3-5-14(12)18/h2-5,11,13H,6-10H2,1H3. The molecule has 0 radical (unpaired) electrons. The van der Waals surface area contributed by atoms with Crippen LogP contribution in [-0.2, 0) is 20.7 Å². The number of benzene rings is 1. The predicted molar refractivity (Wildman–Crippen MR) is 84.1 cm³/mol. The highest BCUT2D eigenvalue weighted by Crippen LogP contribution is 2.22. The van der Waals surface area contributed by atoms with Crippen LogP contribution in [0.15, 0.2) is 24.3 Å². The van der Waals surface area contributed by atoms with Crippen molar-refractivity contribution >= 4 is 27.8 Å². The summed E-state index contributed by atoms with van der Waals surface area (Å²) in [5.74, 6) is -0.709. The Bertz CT molecular complexity index is 544. The van der Waals surface area contributed by atoms with Crippen LogP contribution in [0, 0.1) is 11.7 Å². The van der Waals surface area contributed by atoms with E-state index in [1.54, 1.807) is 23.1 Å². The number of ether oxygens (including phenoxy) is 1. The molecule has 6 heteroatoms. The molecule has 1 saturated heterocycles. The zero-order valence-corrected chi connectivity index (χ0v) is 14.0. The van der Waals surface area contributed by atoms with E-state index in [0.29, 0.717) is 37.9 Å². The van der Waals surface area contributed by atoms with E-state index in [-0.39, 0.29) is 23.6 Å². The van der Waals surface area contributed by atoms with E-state index in [1.165, 1.54) is 13.2 Å². The van der Waals surface area contributed by atoms with Gasteiger partial charge in [0, 0.05) is 13.1 Å². The molecular formula is C16H19BrFNO3. The molecule has 0 bridgehead atoms. The maximum absolute atomic E-state index is 13.6. The molecular weight excluding hydrogens is 353 g/mol. The van der Waals surface area contributed by atoms with Gasteiger partial charge in [0.15, 0.2) is 0 Å². The fourth-order valence-corrected chi connectivity index (χ4v) is 3.28. The third kappa shape index (κ3) is 4.06. The molecule has 1 unspecified atom stereocenters. The summed E-state index contributed by atoms with van der Waals surface area (Å²) in [6.07, 6.45) is 1.53. The molecule has 0 saturated carbocycles. The third-order valence-corrected chi connectivity index (χ3v) is 4.68. The van der Waals surface area contributed by atoms with Crippen LogP contribution in [0.2, 0.25) is 0 Å². The van der Waals surface area contributed by atoms with Crippen molar-refractivity contribution in [1.29, 1.82) is 0 Å². The van der Waals surface area contributed by atoms with E-state index in [0.717, 1.165) is 0 Å². The molecule has 1 atom stereocenters. The predicted octanol–water partition coefficient (Wildman–Crippen LogP) is 2.54. The number of esters is 1. The topological polar surface area (TPSA) is 46.6 Å². The molecule has 1 aromatic rings. The molecule has 0 N–H and O–H groups in total. The number of amides is 1. The van der Waals surface area contributed by atoms with Crippen molar-refractivity contribution in [2.75, 3.05) is 20.2 Å². The number of methoxy groups -OCH3 is 1. The Balaban J connectivity index is 1.89. The van der Waals surface area contributed by atoms with Crippen LogP contribution in [0.5, 0.6) is 0 Å². The number of piperidine rings is 1. The summed E-state index contributed by atoms with van der Waals surface area (Å²) in [7, 11) is 1.38. The van der Waals surface area contributed by atoms with E-state index >= 15 is 0 Å². The minimum atomic E-state index is -0.459. The van der Waals surface area contributed by atoms with E-state index in [4.69, 9.17) is 4.74 Å². The summed E-state index contributed by atoms with van der Waals surface area (Å²) in [6.45, 7) is 1.05. The SMILES string of the molecule is COC(=O)C1CCN(C(=O)C(Br)Cc2ccccc2F)CC1. The quantitative estimate of drug-likeness (QED) is 0.603. The monoisotopic (exact) mass is 371 g/mol.